The molecule has 0 saturated carbocycles. The van der Waals surface area contributed by atoms with Crippen LogP contribution in [0.4, 0.5) is 5.69 Å². The SMILES string of the molecule is COc1ccc(N2CC(C(=O)NC(C(=O)NCc3ccc(C)cc3)C(C)C)CC2=O)cc1. The number of hydrogen-bond acceptors (Lipinski definition) is 4. The van der Waals surface area contributed by atoms with Crippen LogP contribution >= 0.6 is 0 Å². The molecule has 1 aliphatic rings. The van der Waals surface area contributed by atoms with Crippen LogP contribution in [-0.2, 0) is 20.9 Å². The zero-order chi connectivity index (χ0) is 23.3. The summed E-state index contributed by atoms with van der Waals surface area (Å²) in [5.41, 5.74) is 2.87. The second-order valence-electron chi connectivity index (χ2n) is 8.54. The van der Waals surface area contributed by atoms with Crippen molar-refractivity contribution < 1.29 is 19.1 Å². The Morgan fingerprint density at radius 2 is 1.75 bits per heavy atom. The minimum absolute atomic E-state index is 0.0910. The molecule has 0 aromatic heterocycles. The Balaban J connectivity index is 1.59. The van der Waals surface area contributed by atoms with Crippen molar-refractivity contribution in [2.24, 2.45) is 11.8 Å². The molecule has 2 aromatic rings. The predicted molar refractivity (Wildman–Crippen MR) is 123 cm³/mol. The summed E-state index contributed by atoms with van der Waals surface area (Å²) < 4.78 is 5.15. The summed E-state index contributed by atoms with van der Waals surface area (Å²) in [6.45, 7) is 6.47. The monoisotopic (exact) mass is 437 g/mol. The van der Waals surface area contributed by atoms with E-state index >= 15 is 0 Å². The van der Waals surface area contributed by atoms with Gasteiger partial charge in [0.2, 0.25) is 17.7 Å². The summed E-state index contributed by atoms with van der Waals surface area (Å²) in [5.74, 6) is -0.516. The van der Waals surface area contributed by atoms with Crippen LogP contribution in [0.2, 0.25) is 0 Å². The minimum Gasteiger partial charge on any atom is -0.497 e. The van der Waals surface area contributed by atoms with Crippen LogP contribution in [0.25, 0.3) is 0 Å². The highest BCUT2D eigenvalue weighted by Gasteiger charge is 2.37. The van der Waals surface area contributed by atoms with E-state index in [1.165, 1.54) is 0 Å². The van der Waals surface area contributed by atoms with Crippen LogP contribution in [0.3, 0.4) is 0 Å². The molecule has 1 aliphatic heterocycles. The van der Waals surface area contributed by atoms with E-state index in [0.717, 1.165) is 16.8 Å². The lowest BCUT2D eigenvalue weighted by atomic mass is 10.0. The first-order valence-corrected chi connectivity index (χ1v) is 10.9. The lowest BCUT2D eigenvalue weighted by Crippen LogP contribution is -2.51. The molecule has 0 spiro atoms. The maximum absolute atomic E-state index is 12.9. The molecular formula is C25H31N3O4. The number of methoxy groups -OCH3 is 1. The molecule has 1 saturated heterocycles. The number of rotatable bonds is 8. The Hall–Kier alpha value is -3.35. The number of carbonyl (C=O) groups excluding carboxylic acids is 3. The molecular weight excluding hydrogens is 406 g/mol. The number of ether oxygens (including phenoxy) is 1. The molecule has 0 aliphatic carbocycles. The van der Waals surface area contributed by atoms with Gasteiger partial charge in [-0.05, 0) is 42.7 Å². The fourth-order valence-corrected chi connectivity index (χ4v) is 3.71. The third-order valence-corrected chi connectivity index (χ3v) is 5.71. The first kappa shape index (κ1) is 23.3. The molecule has 32 heavy (non-hydrogen) atoms. The van der Waals surface area contributed by atoms with Crippen molar-refractivity contribution in [3.8, 4) is 5.75 Å². The molecule has 0 radical (unpaired) electrons. The number of nitrogens with one attached hydrogen (secondary N) is 2. The van der Waals surface area contributed by atoms with Crippen LogP contribution in [0.15, 0.2) is 48.5 Å². The van der Waals surface area contributed by atoms with Gasteiger partial charge >= 0.3 is 0 Å². The molecule has 3 rings (SSSR count). The van der Waals surface area contributed by atoms with Gasteiger partial charge in [-0.25, -0.2) is 0 Å². The number of carbonyl (C=O) groups is 3. The molecule has 7 heteroatoms. The highest BCUT2D eigenvalue weighted by molar-refractivity contribution is 6.01. The van der Waals surface area contributed by atoms with E-state index in [1.54, 1.807) is 36.3 Å². The van der Waals surface area contributed by atoms with Crippen molar-refractivity contribution in [2.45, 2.75) is 39.8 Å². The van der Waals surface area contributed by atoms with Crippen molar-refractivity contribution in [1.82, 2.24) is 10.6 Å². The van der Waals surface area contributed by atoms with Crippen LogP contribution < -0.4 is 20.3 Å². The first-order valence-electron chi connectivity index (χ1n) is 10.9. The van der Waals surface area contributed by atoms with E-state index < -0.39 is 12.0 Å². The van der Waals surface area contributed by atoms with Gasteiger partial charge in [0.1, 0.15) is 11.8 Å². The van der Waals surface area contributed by atoms with Crippen molar-refractivity contribution in [3.63, 3.8) is 0 Å². The van der Waals surface area contributed by atoms with Crippen molar-refractivity contribution in [1.29, 1.82) is 0 Å². The number of anilines is 1. The highest BCUT2D eigenvalue weighted by Crippen LogP contribution is 2.27. The normalized spacial score (nSPS) is 16.7. The number of benzene rings is 2. The standard InChI is InChI=1S/C25H31N3O4/c1-16(2)23(25(31)26-14-18-7-5-17(3)6-8-18)27-24(30)19-13-22(29)28(15-19)20-9-11-21(32-4)12-10-20/h5-12,16,19,23H,13-15H2,1-4H3,(H,26,31)(H,27,30). The fourth-order valence-electron chi connectivity index (χ4n) is 3.71. The molecule has 3 amide bonds. The van der Waals surface area contributed by atoms with Crippen LogP contribution in [0, 0.1) is 18.8 Å². The van der Waals surface area contributed by atoms with Crippen molar-refractivity contribution in [2.75, 3.05) is 18.6 Å². The zero-order valence-corrected chi connectivity index (χ0v) is 19.1. The Morgan fingerprint density at radius 1 is 1.09 bits per heavy atom. The van der Waals surface area contributed by atoms with Gasteiger partial charge in [0.05, 0.1) is 13.0 Å². The number of amides is 3. The van der Waals surface area contributed by atoms with Gasteiger partial charge in [-0.15, -0.1) is 0 Å². The maximum Gasteiger partial charge on any atom is 0.243 e. The van der Waals surface area contributed by atoms with Crippen LogP contribution in [0.1, 0.15) is 31.4 Å². The summed E-state index contributed by atoms with van der Waals surface area (Å²) in [6.07, 6.45) is 0.119. The second kappa shape index (κ2) is 10.3. The van der Waals surface area contributed by atoms with Gasteiger partial charge in [-0.1, -0.05) is 43.7 Å². The predicted octanol–water partition coefficient (Wildman–Crippen LogP) is 2.81. The largest absolute Gasteiger partial charge is 0.497 e. The number of aryl methyl sites for hydroxylation is 1. The molecule has 1 heterocycles. The van der Waals surface area contributed by atoms with E-state index in [-0.39, 0.29) is 36.6 Å². The van der Waals surface area contributed by atoms with Crippen molar-refractivity contribution in [3.05, 3.63) is 59.7 Å². The topological polar surface area (TPSA) is 87.7 Å². The average molecular weight is 438 g/mol. The molecule has 170 valence electrons. The van der Waals surface area contributed by atoms with Gasteiger partial charge < -0.3 is 20.3 Å². The van der Waals surface area contributed by atoms with Crippen LogP contribution in [-0.4, -0.2) is 37.4 Å². The number of nitrogens with zero attached hydrogens (tertiary/aromatic N) is 1. The zero-order valence-electron chi connectivity index (χ0n) is 19.1. The Labute approximate surface area is 189 Å². The van der Waals surface area contributed by atoms with Gasteiger partial charge in [0.15, 0.2) is 0 Å². The Morgan fingerprint density at radius 3 is 2.34 bits per heavy atom. The minimum atomic E-state index is -0.668. The lowest BCUT2D eigenvalue weighted by Gasteiger charge is -2.23. The summed E-state index contributed by atoms with van der Waals surface area (Å²) >= 11 is 0. The van der Waals surface area contributed by atoms with E-state index in [0.29, 0.717) is 12.3 Å². The smallest absolute Gasteiger partial charge is 0.243 e. The summed E-state index contributed by atoms with van der Waals surface area (Å²) in [5, 5.41) is 5.77. The lowest BCUT2D eigenvalue weighted by molar-refractivity contribution is -0.132. The quantitative estimate of drug-likeness (QED) is 0.665. The number of hydrogen-bond donors (Lipinski definition) is 2. The highest BCUT2D eigenvalue weighted by atomic mass is 16.5. The molecule has 2 atom stereocenters. The van der Waals surface area contributed by atoms with Gasteiger partial charge in [-0.3, -0.25) is 14.4 Å². The Bertz CT molecular complexity index is 954. The third kappa shape index (κ3) is 5.66. The summed E-state index contributed by atoms with van der Waals surface area (Å²) in [6, 6.07) is 14.4. The molecule has 2 N–H and O–H groups in total. The van der Waals surface area contributed by atoms with E-state index in [9.17, 15) is 14.4 Å². The third-order valence-electron chi connectivity index (χ3n) is 5.71. The van der Waals surface area contributed by atoms with Crippen LogP contribution in [0.5, 0.6) is 5.75 Å². The summed E-state index contributed by atoms with van der Waals surface area (Å²) in [4.78, 5) is 39.8. The van der Waals surface area contributed by atoms with E-state index in [2.05, 4.69) is 10.6 Å². The van der Waals surface area contributed by atoms with Gasteiger partial charge in [-0.2, -0.15) is 0 Å². The average Bonchev–Trinajstić information content (AvgIpc) is 3.18. The molecule has 1 fully saturated rings. The fraction of sp³-hybridized carbons (Fsp3) is 0.400. The molecule has 2 unspecified atom stereocenters. The van der Waals surface area contributed by atoms with Gasteiger partial charge in [0.25, 0.3) is 0 Å². The summed E-state index contributed by atoms with van der Waals surface area (Å²) in [7, 11) is 1.58. The maximum atomic E-state index is 12.9. The Kier molecular flexibility index (Phi) is 7.51. The molecule has 0 bridgehead atoms. The second-order valence-corrected chi connectivity index (χ2v) is 8.54. The van der Waals surface area contributed by atoms with Gasteiger partial charge in [0, 0.05) is 25.2 Å². The van der Waals surface area contributed by atoms with Crippen molar-refractivity contribution >= 4 is 23.4 Å². The first-order chi connectivity index (χ1) is 15.3. The van der Waals surface area contributed by atoms with E-state index in [1.807, 2.05) is 45.0 Å². The molecule has 7 nitrogen and oxygen atoms in total. The van der Waals surface area contributed by atoms with E-state index in [4.69, 9.17) is 4.74 Å². The molecule has 2 aromatic carbocycles.